The lowest BCUT2D eigenvalue weighted by Crippen LogP contribution is -2.39. The van der Waals surface area contributed by atoms with Gasteiger partial charge in [-0.25, -0.2) is 15.0 Å². The van der Waals surface area contributed by atoms with Gasteiger partial charge in [0.1, 0.15) is 11.6 Å². The summed E-state index contributed by atoms with van der Waals surface area (Å²) in [4.78, 5) is 13.4. The average molecular weight is 514 g/mol. The summed E-state index contributed by atoms with van der Waals surface area (Å²) in [6.07, 6.45) is 6.78. The van der Waals surface area contributed by atoms with Gasteiger partial charge in [0.25, 0.3) is 0 Å². The Kier molecular flexibility index (Phi) is 11.8. The molecule has 0 fully saturated rings. The van der Waals surface area contributed by atoms with E-state index in [4.69, 9.17) is 4.74 Å². The number of pyridine rings is 1. The molecule has 0 aromatic carbocycles. The number of aryl methyl sites for hydroxylation is 1. The van der Waals surface area contributed by atoms with Crippen molar-refractivity contribution in [3.63, 3.8) is 0 Å². The fourth-order valence-corrected chi connectivity index (χ4v) is 2.94. The van der Waals surface area contributed by atoms with Gasteiger partial charge in [0.05, 0.1) is 12.6 Å². The van der Waals surface area contributed by atoms with Gasteiger partial charge in [-0.2, -0.15) is 0 Å². The standard InChI is InChI=1S/C21H34N6O.HI/c1-6-22-21(24-11-10-19(16(3)4)28-7-2)26-15-18-8-9-20(25-14-18)27-13-12-23-17(27)5;/h8-9,12-14,16,19H,6-7,10-11,15H2,1-5H3,(H2,22,24,26);1H. The zero-order valence-corrected chi connectivity index (χ0v) is 20.5. The van der Waals surface area contributed by atoms with Crippen LogP contribution in [0, 0.1) is 12.8 Å². The molecular weight excluding hydrogens is 479 g/mol. The first-order valence-electron chi connectivity index (χ1n) is 10.1. The molecule has 0 bridgehead atoms. The molecule has 0 saturated carbocycles. The number of aromatic nitrogens is 3. The van der Waals surface area contributed by atoms with E-state index in [2.05, 4.69) is 52.4 Å². The minimum Gasteiger partial charge on any atom is -0.378 e. The molecule has 162 valence electrons. The SMILES string of the molecule is CCNC(=NCc1ccc(-n2ccnc2C)nc1)NCCC(OCC)C(C)C.I. The van der Waals surface area contributed by atoms with Crippen molar-refractivity contribution in [2.75, 3.05) is 19.7 Å². The van der Waals surface area contributed by atoms with Crippen LogP contribution in [0.2, 0.25) is 0 Å². The molecular formula is C21H35IN6O. The molecule has 0 amide bonds. The van der Waals surface area contributed by atoms with Crippen molar-refractivity contribution >= 4 is 29.9 Å². The second-order valence-electron chi connectivity index (χ2n) is 7.02. The van der Waals surface area contributed by atoms with Crippen LogP contribution in [-0.4, -0.2) is 46.3 Å². The van der Waals surface area contributed by atoms with E-state index in [9.17, 15) is 0 Å². The molecule has 0 aliphatic heterocycles. The van der Waals surface area contributed by atoms with Crippen LogP contribution in [0.3, 0.4) is 0 Å². The molecule has 0 spiro atoms. The minimum atomic E-state index is 0. The highest BCUT2D eigenvalue weighted by Gasteiger charge is 2.13. The van der Waals surface area contributed by atoms with Gasteiger partial charge in [-0.05, 0) is 44.7 Å². The first-order valence-corrected chi connectivity index (χ1v) is 10.1. The second-order valence-corrected chi connectivity index (χ2v) is 7.02. The summed E-state index contributed by atoms with van der Waals surface area (Å²) in [5.74, 6) is 3.10. The molecule has 1 unspecified atom stereocenters. The maximum Gasteiger partial charge on any atom is 0.191 e. The monoisotopic (exact) mass is 514 g/mol. The van der Waals surface area contributed by atoms with Crippen molar-refractivity contribution in [1.82, 2.24) is 25.2 Å². The van der Waals surface area contributed by atoms with Gasteiger partial charge in [0.2, 0.25) is 0 Å². The Labute approximate surface area is 191 Å². The number of imidazole rings is 1. The number of hydrogen-bond acceptors (Lipinski definition) is 4. The maximum absolute atomic E-state index is 5.81. The smallest absolute Gasteiger partial charge is 0.191 e. The molecule has 0 aliphatic carbocycles. The van der Waals surface area contributed by atoms with Crippen LogP contribution >= 0.6 is 24.0 Å². The summed E-state index contributed by atoms with van der Waals surface area (Å²) < 4.78 is 7.77. The number of nitrogens with one attached hydrogen (secondary N) is 2. The van der Waals surface area contributed by atoms with E-state index in [1.165, 1.54) is 0 Å². The molecule has 0 saturated heterocycles. The zero-order valence-electron chi connectivity index (χ0n) is 18.2. The van der Waals surface area contributed by atoms with Crippen LogP contribution in [0.25, 0.3) is 5.82 Å². The van der Waals surface area contributed by atoms with Gasteiger partial charge in [-0.3, -0.25) is 4.57 Å². The van der Waals surface area contributed by atoms with Gasteiger partial charge in [0.15, 0.2) is 5.96 Å². The van der Waals surface area contributed by atoms with Crippen molar-refractivity contribution in [2.45, 2.75) is 53.7 Å². The average Bonchev–Trinajstić information content (AvgIpc) is 3.11. The lowest BCUT2D eigenvalue weighted by molar-refractivity contribution is 0.0258. The fourth-order valence-electron chi connectivity index (χ4n) is 2.94. The maximum atomic E-state index is 5.81. The number of guanidine groups is 1. The Morgan fingerprint density at radius 1 is 1.21 bits per heavy atom. The van der Waals surface area contributed by atoms with E-state index in [0.717, 1.165) is 49.3 Å². The van der Waals surface area contributed by atoms with Crippen LogP contribution in [0.5, 0.6) is 0 Å². The largest absolute Gasteiger partial charge is 0.378 e. The Morgan fingerprint density at radius 2 is 2.00 bits per heavy atom. The summed E-state index contributed by atoms with van der Waals surface area (Å²) >= 11 is 0. The second kappa shape index (κ2) is 13.5. The highest BCUT2D eigenvalue weighted by Crippen LogP contribution is 2.10. The number of aliphatic imine (C=N–C) groups is 1. The summed E-state index contributed by atoms with van der Waals surface area (Å²) in [5.41, 5.74) is 1.06. The quantitative estimate of drug-likeness (QED) is 0.287. The molecule has 2 N–H and O–H groups in total. The Hall–Kier alpha value is -1.68. The molecule has 0 aliphatic rings. The van der Waals surface area contributed by atoms with E-state index in [0.29, 0.717) is 12.5 Å². The number of nitrogens with zero attached hydrogens (tertiary/aromatic N) is 4. The van der Waals surface area contributed by atoms with Crippen molar-refractivity contribution < 1.29 is 4.74 Å². The molecule has 1 atom stereocenters. The first-order chi connectivity index (χ1) is 13.5. The van der Waals surface area contributed by atoms with Gasteiger partial charge in [-0.15, -0.1) is 24.0 Å². The lowest BCUT2D eigenvalue weighted by atomic mass is 10.0. The highest BCUT2D eigenvalue weighted by atomic mass is 127. The number of ether oxygens (including phenoxy) is 1. The summed E-state index contributed by atoms with van der Waals surface area (Å²) in [5, 5.41) is 6.70. The van der Waals surface area contributed by atoms with Gasteiger partial charge in [0, 0.05) is 38.3 Å². The van der Waals surface area contributed by atoms with Crippen LogP contribution < -0.4 is 10.6 Å². The van der Waals surface area contributed by atoms with Crippen LogP contribution in [0.4, 0.5) is 0 Å². The van der Waals surface area contributed by atoms with Gasteiger partial charge >= 0.3 is 0 Å². The minimum absolute atomic E-state index is 0. The molecule has 0 radical (unpaired) electrons. The normalized spacial score (nSPS) is 12.6. The molecule has 2 rings (SSSR count). The van der Waals surface area contributed by atoms with Crippen molar-refractivity contribution in [3.8, 4) is 5.82 Å². The van der Waals surface area contributed by atoms with Gasteiger partial charge < -0.3 is 15.4 Å². The topological polar surface area (TPSA) is 76.4 Å². The lowest BCUT2D eigenvalue weighted by Gasteiger charge is -2.21. The number of hydrogen-bond donors (Lipinski definition) is 2. The Bertz CT molecular complexity index is 729. The first kappa shape index (κ1) is 25.4. The van der Waals surface area contributed by atoms with Crippen LogP contribution in [0.1, 0.15) is 45.5 Å². The van der Waals surface area contributed by atoms with Gasteiger partial charge in [-0.1, -0.05) is 19.9 Å². The highest BCUT2D eigenvalue weighted by molar-refractivity contribution is 14.0. The van der Waals surface area contributed by atoms with Crippen molar-refractivity contribution in [3.05, 3.63) is 42.1 Å². The van der Waals surface area contributed by atoms with E-state index in [1.54, 1.807) is 6.20 Å². The third-order valence-electron chi connectivity index (χ3n) is 4.49. The molecule has 2 aromatic rings. The summed E-state index contributed by atoms with van der Waals surface area (Å²) in [6, 6.07) is 4.05. The van der Waals surface area contributed by atoms with Crippen LogP contribution in [-0.2, 0) is 11.3 Å². The van der Waals surface area contributed by atoms with E-state index in [1.807, 2.05) is 36.9 Å². The molecule has 29 heavy (non-hydrogen) atoms. The third-order valence-corrected chi connectivity index (χ3v) is 4.49. The van der Waals surface area contributed by atoms with Crippen LogP contribution in [0.15, 0.2) is 35.7 Å². The summed E-state index contributed by atoms with van der Waals surface area (Å²) in [7, 11) is 0. The molecule has 2 aromatic heterocycles. The summed E-state index contributed by atoms with van der Waals surface area (Å²) in [6.45, 7) is 13.4. The van der Waals surface area contributed by atoms with E-state index < -0.39 is 0 Å². The van der Waals surface area contributed by atoms with Crippen molar-refractivity contribution in [1.29, 1.82) is 0 Å². The molecule has 7 nitrogen and oxygen atoms in total. The van der Waals surface area contributed by atoms with E-state index in [-0.39, 0.29) is 30.1 Å². The van der Waals surface area contributed by atoms with E-state index >= 15 is 0 Å². The third kappa shape index (κ3) is 8.30. The number of halogens is 1. The molecule has 2 heterocycles. The Balaban J connectivity index is 0.00000420. The zero-order chi connectivity index (χ0) is 20.4. The molecule has 8 heteroatoms. The fraction of sp³-hybridized carbons (Fsp3) is 0.571. The Morgan fingerprint density at radius 3 is 2.55 bits per heavy atom. The predicted octanol–water partition coefficient (Wildman–Crippen LogP) is 3.70. The predicted molar refractivity (Wildman–Crippen MR) is 129 cm³/mol. The number of rotatable bonds is 10. The van der Waals surface area contributed by atoms with Crippen molar-refractivity contribution in [2.24, 2.45) is 10.9 Å².